The lowest BCUT2D eigenvalue weighted by Crippen LogP contribution is -2.31. The lowest BCUT2D eigenvalue weighted by atomic mass is 10.1. The number of hydrogen-bond donors (Lipinski definition) is 1. The number of nitrogens with zero attached hydrogens (tertiary/aromatic N) is 1. The van der Waals surface area contributed by atoms with E-state index in [1.165, 1.54) is 23.4 Å². The van der Waals surface area contributed by atoms with Gasteiger partial charge in [-0.3, -0.25) is 9.10 Å². The Hall–Kier alpha value is -1.76. The Labute approximate surface area is 164 Å². The van der Waals surface area contributed by atoms with Crippen LogP contribution in [0.3, 0.4) is 0 Å². The number of carbonyl (C=O) groups is 1. The molecule has 0 saturated heterocycles. The molecule has 5 nitrogen and oxygen atoms in total. The highest BCUT2D eigenvalue weighted by Gasteiger charge is 2.26. The van der Waals surface area contributed by atoms with Crippen LogP contribution in [0.15, 0.2) is 47.4 Å². The summed E-state index contributed by atoms with van der Waals surface area (Å²) in [7, 11) is -3.84. The first-order valence-corrected chi connectivity index (χ1v) is 10.3. The van der Waals surface area contributed by atoms with E-state index in [1.54, 1.807) is 25.1 Å². The molecule has 0 bridgehead atoms. The summed E-state index contributed by atoms with van der Waals surface area (Å²) in [5.74, 6) is -0.0803. The van der Waals surface area contributed by atoms with Crippen LogP contribution in [-0.2, 0) is 21.2 Å². The molecule has 0 saturated carbocycles. The summed E-state index contributed by atoms with van der Waals surface area (Å²) in [4.78, 5) is 10.9. The number of carbonyl (C=O) groups excluding carboxylic acids is 1. The van der Waals surface area contributed by atoms with E-state index in [9.17, 15) is 13.2 Å². The van der Waals surface area contributed by atoms with Gasteiger partial charge in [-0.2, -0.15) is 0 Å². The third-order valence-corrected chi connectivity index (χ3v) is 6.38. The van der Waals surface area contributed by atoms with Gasteiger partial charge in [0.1, 0.15) is 4.90 Å². The second-order valence-corrected chi connectivity index (χ2v) is 8.32. The number of sulfonamides is 1. The SMILES string of the molecule is CCN(c1ccc(CCNC(C)=O)cc1)S(=O)(=O)c1cc(Cl)ccc1Cl. The molecule has 0 aliphatic carbocycles. The molecule has 2 aromatic rings. The molecule has 2 aromatic carbocycles. The van der Waals surface area contributed by atoms with Crippen molar-refractivity contribution in [1.82, 2.24) is 5.32 Å². The minimum atomic E-state index is -3.84. The average Bonchev–Trinajstić information content (AvgIpc) is 2.58. The normalized spacial score (nSPS) is 11.2. The smallest absolute Gasteiger partial charge is 0.265 e. The van der Waals surface area contributed by atoms with Crippen LogP contribution in [0, 0.1) is 0 Å². The van der Waals surface area contributed by atoms with Crippen LogP contribution in [0.5, 0.6) is 0 Å². The summed E-state index contributed by atoms with van der Waals surface area (Å²) in [6.45, 7) is 3.99. The van der Waals surface area contributed by atoms with Crippen molar-refractivity contribution in [2.45, 2.75) is 25.2 Å². The molecule has 0 fully saturated rings. The molecular weight excluding hydrogens is 395 g/mol. The van der Waals surface area contributed by atoms with Crippen molar-refractivity contribution in [3.8, 4) is 0 Å². The van der Waals surface area contributed by atoms with Crippen molar-refractivity contribution in [2.75, 3.05) is 17.4 Å². The predicted octanol–water partition coefficient (Wildman–Crippen LogP) is 3.89. The fraction of sp³-hybridized carbons (Fsp3) is 0.278. The zero-order chi connectivity index (χ0) is 19.3. The van der Waals surface area contributed by atoms with E-state index in [1.807, 2.05) is 12.1 Å². The zero-order valence-corrected chi connectivity index (χ0v) is 16.8. The Bertz CT molecular complexity index is 884. The summed E-state index contributed by atoms with van der Waals surface area (Å²) in [5.41, 5.74) is 1.53. The minimum Gasteiger partial charge on any atom is -0.356 e. The van der Waals surface area contributed by atoms with E-state index in [0.717, 1.165) is 5.56 Å². The summed E-state index contributed by atoms with van der Waals surface area (Å²) in [6, 6.07) is 11.5. The van der Waals surface area contributed by atoms with Gasteiger partial charge in [0.15, 0.2) is 0 Å². The van der Waals surface area contributed by atoms with Gasteiger partial charge in [0, 0.05) is 25.0 Å². The van der Waals surface area contributed by atoms with Gasteiger partial charge in [-0.25, -0.2) is 8.42 Å². The minimum absolute atomic E-state index is 0.0248. The molecule has 0 heterocycles. The van der Waals surface area contributed by atoms with E-state index in [0.29, 0.717) is 23.7 Å². The Morgan fingerprint density at radius 1 is 1.12 bits per heavy atom. The number of anilines is 1. The van der Waals surface area contributed by atoms with Crippen LogP contribution in [0.1, 0.15) is 19.4 Å². The number of halogens is 2. The summed E-state index contributed by atoms with van der Waals surface area (Å²) in [5, 5.41) is 3.16. The molecule has 2 rings (SSSR count). The summed E-state index contributed by atoms with van der Waals surface area (Å²) < 4.78 is 27.3. The lowest BCUT2D eigenvalue weighted by Gasteiger charge is -2.23. The first-order valence-electron chi connectivity index (χ1n) is 8.07. The maximum Gasteiger partial charge on any atom is 0.265 e. The van der Waals surface area contributed by atoms with Crippen molar-refractivity contribution in [3.05, 3.63) is 58.1 Å². The van der Waals surface area contributed by atoms with Crippen LogP contribution in [0.2, 0.25) is 10.0 Å². The predicted molar refractivity (Wildman–Crippen MR) is 105 cm³/mol. The average molecular weight is 415 g/mol. The van der Waals surface area contributed by atoms with Crippen LogP contribution in [-0.4, -0.2) is 27.4 Å². The van der Waals surface area contributed by atoms with Gasteiger partial charge < -0.3 is 5.32 Å². The highest BCUT2D eigenvalue weighted by molar-refractivity contribution is 7.93. The quantitative estimate of drug-likeness (QED) is 0.746. The second-order valence-electron chi connectivity index (χ2n) is 5.64. The van der Waals surface area contributed by atoms with E-state index < -0.39 is 10.0 Å². The number of amides is 1. The molecule has 0 radical (unpaired) electrons. The van der Waals surface area contributed by atoms with Gasteiger partial charge in [0.2, 0.25) is 5.91 Å². The molecule has 0 aromatic heterocycles. The first-order chi connectivity index (χ1) is 12.3. The molecule has 8 heteroatoms. The van der Waals surface area contributed by atoms with Crippen molar-refractivity contribution in [1.29, 1.82) is 0 Å². The Morgan fingerprint density at radius 2 is 1.77 bits per heavy atom. The fourth-order valence-electron chi connectivity index (χ4n) is 2.50. The van der Waals surface area contributed by atoms with Gasteiger partial charge in [-0.05, 0) is 49.2 Å². The van der Waals surface area contributed by atoms with Crippen LogP contribution in [0.25, 0.3) is 0 Å². The Balaban J connectivity index is 2.27. The van der Waals surface area contributed by atoms with Gasteiger partial charge >= 0.3 is 0 Å². The lowest BCUT2D eigenvalue weighted by molar-refractivity contribution is -0.118. The number of nitrogens with one attached hydrogen (secondary N) is 1. The Morgan fingerprint density at radius 3 is 2.35 bits per heavy atom. The molecule has 1 N–H and O–H groups in total. The Kier molecular flexibility index (Phi) is 6.92. The zero-order valence-electron chi connectivity index (χ0n) is 14.5. The van der Waals surface area contributed by atoms with Gasteiger partial charge in [0.05, 0.1) is 10.7 Å². The molecule has 140 valence electrons. The van der Waals surface area contributed by atoms with Gasteiger partial charge in [-0.15, -0.1) is 0 Å². The highest BCUT2D eigenvalue weighted by Crippen LogP contribution is 2.30. The van der Waals surface area contributed by atoms with Gasteiger partial charge in [0.25, 0.3) is 10.0 Å². The molecule has 0 unspecified atom stereocenters. The second kappa shape index (κ2) is 8.75. The third kappa shape index (κ3) is 4.90. The van der Waals surface area contributed by atoms with E-state index in [2.05, 4.69) is 5.32 Å². The standard InChI is InChI=1S/C18H20Cl2N2O3S/c1-3-22(26(24,25)18-12-15(19)6-9-17(18)20)16-7-4-14(5-8-16)10-11-21-13(2)23/h4-9,12H,3,10-11H2,1-2H3,(H,21,23). The van der Waals surface area contributed by atoms with Crippen LogP contribution >= 0.6 is 23.2 Å². The molecule has 0 spiro atoms. The van der Waals surface area contributed by atoms with Gasteiger partial charge in [-0.1, -0.05) is 35.3 Å². The van der Waals surface area contributed by atoms with Crippen molar-refractivity contribution in [2.24, 2.45) is 0 Å². The number of rotatable bonds is 7. The van der Waals surface area contributed by atoms with E-state index >= 15 is 0 Å². The summed E-state index contributed by atoms with van der Waals surface area (Å²) in [6.07, 6.45) is 0.666. The highest BCUT2D eigenvalue weighted by atomic mass is 35.5. The van der Waals surface area contributed by atoms with Crippen molar-refractivity contribution < 1.29 is 13.2 Å². The van der Waals surface area contributed by atoms with Crippen molar-refractivity contribution >= 4 is 44.8 Å². The summed E-state index contributed by atoms with van der Waals surface area (Å²) >= 11 is 12.0. The molecular formula is C18H20Cl2N2O3S. The monoisotopic (exact) mass is 414 g/mol. The maximum absolute atomic E-state index is 13.0. The first kappa shape index (κ1) is 20.6. The largest absolute Gasteiger partial charge is 0.356 e. The topological polar surface area (TPSA) is 66.5 Å². The maximum atomic E-state index is 13.0. The molecule has 1 amide bonds. The van der Waals surface area contributed by atoms with E-state index in [4.69, 9.17) is 23.2 Å². The van der Waals surface area contributed by atoms with E-state index in [-0.39, 0.29) is 22.4 Å². The third-order valence-electron chi connectivity index (χ3n) is 3.76. The fourth-order valence-corrected chi connectivity index (χ4v) is 4.71. The van der Waals surface area contributed by atoms with Crippen molar-refractivity contribution in [3.63, 3.8) is 0 Å². The molecule has 0 aliphatic heterocycles. The number of hydrogen-bond acceptors (Lipinski definition) is 3. The van der Waals surface area contributed by atoms with Crippen LogP contribution < -0.4 is 9.62 Å². The van der Waals surface area contributed by atoms with Crippen LogP contribution in [0.4, 0.5) is 5.69 Å². The number of benzene rings is 2. The molecule has 0 aliphatic rings. The molecule has 26 heavy (non-hydrogen) atoms. The molecule has 0 atom stereocenters.